The van der Waals surface area contributed by atoms with Crippen LogP contribution in [0.5, 0.6) is 0 Å². The van der Waals surface area contributed by atoms with Crippen molar-refractivity contribution in [3.63, 3.8) is 0 Å². The lowest BCUT2D eigenvalue weighted by Gasteiger charge is -2.06. The normalized spacial score (nSPS) is 11.1. The molecule has 0 saturated heterocycles. The number of hydrogen-bond acceptors (Lipinski definition) is 2. The molecule has 0 aliphatic heterocycles. The summed E-state index contributed by atoms with van der Waals surface area (Å²) in [6.07, 6.45) is 13.2. The van der Waals surface area contributed by atoms with Crippen LogP contribution < -0.4 is 16.0 Å². The molecule has 0 rings (SSSR count). The summed E-state index contributed by atoms with van der Waals surface area (Å²) in [4.78, 5) is 0. The fourth-order valence-electron chi connectivity index (χ4n) is 2.35. The number of nitrogens with zero attached hydrogens (tertiary/aromatic N) is 1. The Morgan fingerprint density at radius 3 is 1.38 bits per heavy atom. The minimum Gasteiger partial charge on any atom is -0.317 e. The molecule has 0 unspecified atom stereocenters. The molecule has 0 aromatic heterocycles. The lowest BCUT2D eigenvalue weighted by atomic mass is 10.2. The average molecular weight is 299 g/mol. The molecule has 2 N–H and O–H groups in total. The van der Waals surface area contributed by atoms with Crippen molar-refractivity contribution in [3.05, 3.63) is 0 Å². The van der Waals surface area contributed by atoms with E-state index in [-0.39, 0.29) is 0 Å². The molecular weight excluding hydrogens is 258 g/mol. The molecule has 3 nitrogen and oxygen atoms in total. The van der Waals surface area contributed by atoms with Crippen LogP contribution in [0.3, 0.4) is 0 Å². The van der Waals surface area contributed by atoms with Gasteiger partial charge in [-0.05, 0) is 51.9 Å². The van der Waals surface area contributed by atoms with E-state index in [1.54, 1.807) is 0 Å². The van der Waals surface area contributed by atoms with Gasteiger partial charge in [0.1, 0.15) is 0 Å². The zero-order chi connectivity index (χ0) is 15.4. The molecule has 0 aromatic rings. The summed E-state index contributed by atoms with van der Waals surface area (Å²) in [5.74, 6) is 0. The highest BCUT2D eigenvalue weighted by Gasteiger charge is 1.93. The largest absolute Gasteiger partial charge is 0.317 e. The Morgan fingerprint density at radius 2 is 0.952 bits per heavy atom. The summed E-state index contributed by atoms with van der Waals surface area (Å²) in [5.41, 5.74) is 0. The van der Waals surface area contributed by atoms with Gasteiger partial charge in [0, 0.05) is 13.1 Å². The quantitative estimate of drug-likeness (QED) is 0.379. The second-order valence-corrected chi connectivity index (χ2v) is 6.00. The standard InChI is InChI=1S/C18H40N3/c1-3-5-7-9-13-19-15-11-17-21-18-12-16-20-14-10-8-6-4-2/h19-20H,3-18H2,1-2H3. The van der Waals surface area contributed by atoms with Crippen molar-refractivity contribution in [2.75, 3.05) is 39.3 Å². The lowest BCUT2D eigenvalue weighted by molar-refractivity contribution is 0.538. The number of unbranched alkanes of at least 4 members (excludes halogenated alkanes) is 6. The van der Waals surface area contributed by atoms with Gasteiger partial charge in [-0.25, -0.2) is 5.32 Å². The summed E-state index contributed by atoms with van der Waals surface area (Å²) < 4.78 is 0. The van der Waals surface area contributed by atoms with Crippen molar-refractivity contribution in [3.8, 4) is 0 Å². The Bertz CT molecular complexity index is 156. The van der Waals surface area contributed by atoms with Crippen molar-refractivity contribution >= 4 is 0 Å². The van der Waals surface area contributed by atoms with E-state index in [1.165, 1.54) is 77.3 Å². The smallest absolute Gasteiger partial charge is 0.0145 e. The maximum atomic E-state index is 4.59. The van der Waals surface area contributed by atoms with Crippen LogP contribution in [0.1, 0.15) is 78.1 Å². The molecule has 21 heavy (non-hydrogen) atoms. The molecule has 127 valence electrons. The van der Waals surface area contributed by atoms with E-state index in [0.717, 1.165) is 26.2 Å². The van der Waals surface area contributed by atoms with Gasteiger partial charge in [-0.2, -0.15) is 0 Å². The predicted molar refractivity (Wildman–Crippen MR) is 95.1 cm³/mol. The Kier molecular flexibility index (Phi) is 19.8. The summed E-state index contributed by atoms with van der Waals surface area (Å²) in [6, 6.07) is 0. The Hall–Kier alpha value is -0.120. The maximum Gasteiger partial charge on any atom is 0.0145 e. The van der Waals surface area contributed by atoms with Crippen LogP contribution in [0.2, 0.25) is 0 Å². The van der Waals surface area contributed by atoms with Gasteiger partial charge in [0.25, 0.3) is 0 Å². The summed E-state index contributed by atoms with van der Waals surface area (Å²) in [5, 5.41) is 11.6. The van der Waals surface area contributed by atoms with Crippen molar-refractivity contribution in [2.24, 2.45) is 0 Å². The van der Waals surface area contributed by atoms with E-state index in [4.69, 9.17) is 0 Å². The zero-order valence-electron chi connectivity index (χ0n) is 14.8. The van der Waals surface area contributed by atoms with Gasteiger partial charge in [-0.1, -0.05) is 52.4 Å². The summed E-state index contributed by atoms with van der Waals surface area (Å²) in [6.45, 7) is 11.2. The maximum absolute atomic E-state index is 4.59. The van der Waals surface area contributed by atoms with Crippen LogP contribution in [0.4, 0.5) is 0 Å². The van der Waals surface area contributed by atoms with E-state index in [0.29, 0.717) is 0 Å². The Morgan fingerprint density at radius 1 is 0.524 bits per heavy atom. The molecule has 0 saturated carbocycles. The molecule has 0 spiro atoms. The highest BCUT2D eigenvalue weighted by atomic mass is 14.9. The summed E-state index contributed by atoms with van der Waals surface area (Å²) >= 11 is 0. The van der Waals surface area contributed by atoms with Crippen LogP contribution in [-0.2, 0) is 0 Å². The highest BCUT2D eigenvalue weighted by molar-refractivity contribution is 4.55. The molecule has 3 heteroatoms. The zero-order valence-corrected chi connectivity index (χ0v) is 14.8. The third-order valence-electron chi connectivity index (χ3n) is 3.75. The topological polar surface area (TPSA) is 38.2 Å². The first kappa shape index (κ1) is 20.9. The summed E-state index contributed by atoms with van der Waals surface area (Å²) in [7, 11) is 0. The van der Waals surface area contributed by atoms with Crippen molar-refractivity contribution in [2.45, 2.75) is 78.1 Å². The number of hydrogen-bond donors (Lipinski definition) is 2. The molecule has 0 amide bonds. The molecule has 0 aromatic carbocycles. The second-order valence-electron chi connectivity index (χ2n) is 6.00. The third-order valence-corrected chi connectivity index (χ3v) is 3.75. The molecule has 0 aliphatic carbocycles. The van der Waals surface area contributed by atoms with Crippen LogP contribution >= 0.6 is 0 Å². The van der Waals surface area contributed by atoms with Gasteiger partial charge in [0.2, 0.25) is 0 Å². The van der Waals surface area contributed by atoms with Crippen LogP contribution in [0.25, 0.3) is 0 Å². The van der Waals surface area contributed by atoms with E-state index < -0.39 is 0 Å². The average Bonchev–Trinajstić information content (AvgIpc) is 2.50. The van der Waals surface area contributed by atoms with Gasteiger partial charge < -0.3 is 10.6 Å². The first-order valence-electron chi connectivity index (χ1n) is 9.46. The minimum atomic E-state index is 1.03. The molecule has 0 fully saturated rings. The van der Waals surface area contributed by atoms with E-state index in [1.807, 2.05) is 0 Å². The van der Waals surface area contributed by atoms with Gasteiger partial charge in [0.15, 0.2) is 0 Å². The van der Waals surface area contributed by atoms with Crippen molar-refractivity contribution < 1.29 is 0 Å². The SMILES string of the molecule is CCCCCCNCCC[N]CCCNCCCCCC. The van der Waals surface area contributed by atoms with Crippen molar-refractivity contribution in [1.82, 2.24) is 16.0 Å². The minimum absolute atomic E-state index is 1.03. The fraction of sp³-hybridized carbons (Fsp3) is 1.00. The second kappa shape index (κ2) is 19.9. The van der Waals surface area contributed by atoms with E-state index >= 15 is 0 Å². The van der Waals surface area contributed by atoms with Gasteiger partial charge in [0.05, 0.1) is 0 Å². The first-order chi connectivity index (χ1) is 10.4. The molecule has 0 aliphatic rings. The Labute approximate surface area is 134 Å². The molecular formula is C18H40N3. The van der Waals surface area contributed by atoms with Crippen LogP contribution in [0.15, 0.2) is 0 Å². The first-order valence-corrected chi connectivity index (χ1v) is 9.46. The van der Waals surface area contributed by atoms with Crippen molar-refractivity contribution in [1.29, 1.82) is 0 Å². The predicted octanol–water partition coefficient (Wildman–Crippen LogP) is 3.71. The molecule has 0 bridgehead atoms. The van der Waals surface area contributed by atoms with Gasteiger partial charge in [-0.3, -0.25) is 0 Å². The molecule has 0 atom stereocenters. The molecule has 1 radical (unpaired) electrons. The van der Waals surface area contributed by atoms with E-state index in [9.17, 15) is 0 Å². The number of rotatable bonds is 18. The van der Waals surface area contributed by atoms with Crippen LogP contribution in [-0.4, -0.2) is 39.3 Å². The Balaban J connectivity index is 2.90. The van der Waals surface area contributed by atoms with Gasteiger partial charge in [-0.15, -0.1) is 0 Å². The number of nitrogens with one attached hydrogen (secondary N) is 2. The monoisotopic (exact) mass is 298 g/mol. The van der Waals surface area contributed by atoms with E-state index in [2.05, 4.69) is 29.8 Å². The molecule has 0 heterocycles. The van der Waals surface area contributed by atoms with Crippen LogP contribution in [0, 0.1) is 0 Å². The van der Waals surface area contributed by atoms with Gasteiger partial charge >= 0.3 is 0 Å². The highest BCUT2D eigenvalue weighted by Crippen LogP contribution is 1.97. The lowest BCUT2D eigenvalue weighted by Crippen LogP contribution is -2.22. The third kappa shape index (κ3) is 19.9. The fourth-order valence-corrected chi connectivity index (χ4v) is 2.35.